The van der Waals surface area contributed by atoms with Crippen LogP contribution in [0.1, 0.15) is 0 Å². The van der Waals surface area contributed by atoms with Gasteiger partial charge < -0.3 is 9.47 Å². The molecule has 86 valence electrons. The number of nitro groups is 1. The predicted molar refractivity (Wildman–Crippen MR) is 39.2 cm³/mol. The van der Waals surface area contributed by atoms with Gasteiger partial charge in [-0.25, -0.2) is 0 Å². The number of nitrogens with zero attached hydrogens (tertiary/aromatic N) is 2. The van der Waals surface area contributed by atoms with E-state index in [2.05, 4.69) is 9.47 Å². The first-order chi connectivity index (χ1) is 6.76. The van der Waals surface area contributed by atoms with Gasteiger partial charge >= 0.3 is 18.0 Å². The second kappa shape index (κ2) is 4.41. The molecule has 0 aromatic rings. The summed E-state index contributed by atoms with van der Waals surface area (Å²) < 4.78 is 45.3. The van der Waals surface area contributed by atoms with Gasteiger partial charge in [0.1, 0.15) is 0 Å². The molecule has 6 nitrogen and oxygen atoms in total. The normalized spacial score (nSPS) is 14.4. The summed E-state index contributed by atoms with van der Waals surface area (Å²) in [7, 11) is 1.15. The fourth-order valence-electron chi connectivity index (χ4n) is 0.964. The van der Waals surface area contributed by atoms with Gasteiger partial charge in [-0.3, -0.25) is 10.1 Å². The van der Waals surface area contributed by atoms with E-state index in [1.165, 1.54) is 0 Å². The quantitative estimate of drug-likeness (QED) is 0.401. The maximum absolute atomic E-state index is 12.5. The van der Waals surface area contributed by atoms with E-state index in [9.17, 15) is 23.3 Å². The third-order valence-electron chi connectivity index (χ3n) is 1.69. The maximum Gasteiger partial charge on any atom is 0.452 e. The Morgan fingerprint density at radius 2 is 1.80 bits per heavy atom. The van der Waals surface area contributed by atoms with Crippen molar-refractivity contribution >= 4 is 0 Å². The van der Waals surface area contributed by atoms with Crippen molar-refractivity contribution in [3.63, 3.8) is 0 Å². The lowest BCUT2D eigenvalue weighted by atomic mass is 10.1. The van der Waals surface area contributed by atoms with E-state index in [4.69, 9.17) is 5.26 Å². The average Bonchev–Trinajstić information content (AvgIpc) is 2.11. The minimum atomic E-state index is -5.19. The molecule has 1 unspecified atom stereocenters. The van der Waals surface area contributed by atoms with Crippen molar-refractivity contribution in [2.75, 3.05) is 14.2 Å². The van der Waals surface area contributed by atoms with Gasteiger partial charge in [-0.15, -0.1) is 0 Å². The Morgan fingerprint density at radius 1 is 1.40 bits per heavy atom. The lowest BCUT2D eigenvalue weighted by Crippen LogP contribution is -2.59. The molecule has 0 aromatic heterocycles. The Balaban J connectivity index is 5.47. The van der Waals surface area contributed by atoms with Crippen LogP contribution in [-0.2, 0) is 9.47 Å². The van der Waals surface area contributed by atoms with Crippen LogP contribution in [0.2, 0.25) is 0 Å². The molecule has 15 heavy (non-hydrogen) atoms. The third kappa shape index (κ3) is 2.16. The molecule has 9 heteroatoms. The van der Waals surface area contributed by atoms with Crippen LogP contribution in [0.25, 0.3) is 0 Å². The lowest BCUT2D eigenvalue weighted by Gasteiger charge is -2.30. The van der Waals surface area contributed by atoms with Crippen molar-refractivity contribution in [3.05, 3.63) is 10.1 Å². The molecule has 0 radical (unpaired) electrons. The van der Waals surface area contributed by atoms with E-state index in [0.717, 1.165) is 6.07 Å². The molecule has 0 saturated heterocycles. The van der Waals surface area contributed by atoms with Crippen LogP contribution in [0.5, 0.6) is 0 Å². The Morgan fingerprint density at radius 3 is 1.87 bits per heavy atom. The fraction of sp³-hybridized carbons (Fsp3) is 0.833. The van der Waals surface area contributed by atoms with E-state index in [-0.39, 0.29) is 0 Å². The number of ether oxygens (including phenoxy) is 2. The van der Waals surface area contributed by atoms with Crippen LogP contribution in [-0.4, -0.2) is 37.1 Å². The number of hydrogen-bond donors (Lipinski definition) is 0. The maximum atomic E-state index is 12.5. The predicted octanol–water partition coefficient (Wildman–Crippen LogP) is 0.707. The van der Waals surface area contributed by atoms with Crippen molar-refractivity contribution in [2.45, 2.75) is 18.0 Å². The highest BCUT2D eigenvalue weighted by Gasteiger charge is 2.68. The first kappa shape index (κ1) is 13.6. The SMILES string of the molecule is COC(OC)(C(C#N)[N+](=O)[O-])C(F)(F)F. The zero-order valence-corrected chi connectivity index (χ0v) is 7.74. The van der Waals surface area contributed by atoms with Gasteiger partial charge in [-0.1, -0.05) is 0 Å². The summed E-state index contributed by atoms with van der Waals surface area (Å²) in [5.74, 6) is -3.55. The summed E-state index contributed by atoms with van der Waals surface area (Å²) in [6.45, 7) is 0. The van der Waals surface area contributed by atoms with Gasteiger partial charge in [0.25, 0.3) is 0 Å². The number of nitriles is 1. The van der Waals surface area contributed by atoms with Gasteiger partial charge in [-0.2, -0.15) is 18.4 Å². The largest absolute Gasteiger partial charge is 0.452 e. The zero-order chi connectivity index (χ0) is 12.3. The summed E-state index contributed by atoms with van der Waals surface area (Å²) >= 11 is 0. The molecule has 0 rings (SSSR count). The molecular formula is C6H7F3N2O4. The van der Waals surface area contributed by atoms with Crippen molar-refractivity contribution in [3.8, 4) is 6.07 Å². The van der Waals surface area contributed by atoms with Crippen LogP contribution in [0.15, 0.2) is 0 Å². The van der Waals surface area contributed by atoms with Crippen LogP contribution in [0.3, 0.4) is 0 Å². The Labute approximate surface area is 82.3 Å². The number of hydrogen-bond acceptors (Lipinski definition) is 5. The molecule has 1 atom stereocenters. The Hall–Kier alpha value is -1.40. The number of rotatable bonds is 4. The van der Waals surface area contributed by atoms with Crippen LogP contribution < -0.4 is 0 Å². The average molecular weight is 228 g/mol. The van der Waals surface area contributed by atoms with Gasteiger partial charge in [0.05, 0.1) is 0 Å². The van der Waals surface area contributed by atoms with Crippen molar-refractivity contribution in [1.82, 2.24) is 0 Å². The standard InChI is InChI=1S/C6H7F3N2O4/c1-14-5(15-2,6(7,8)9)4(3-10)11(12)13/h4H,1-2H3. The Bertz CT molecular complexity index is 281. The van der Waals surface area contributed by atoms with Gasteiger partial charge in [0.2, 0.25) is 0 Å². The first-order valence-electron chi connectivity index (χ1n) is 3.47. The lowest BCUT2D eigenvalue weighted by molar-refractivity contribution is -0.571. The summed E-state index contributed by atoms with van der Waals surface area (Å²) in [6, 6.07) is -1.81. The van der Waals surface area contributed by atoms with Gasteiger partial charge in [0.15, 0.2) is 6.07 Å². The van der Waals surface area contributed by atoms with E-state index in [0.29, 0.717) is 14.2 Å². The molecular weight excluding hydrogens is 221 g/mol. The highest BCUT2D eigenvalue weighted by atomic mass is 19.4. The van der Waals surface area contributed by atoms with Crippen LogP contribution in [0, 0.1) is 21.4 Å². The summed E-state index contributed by atoms with van der Waals surface area (Å²) in [5.41, 5.74) is 0. The van der Waals surface area contributed by atoms with Crippen molar-refractivity contribution < 1.29 is 27.6 Å². The molecule has 0 heterocycles. The molecule has 0 aliphatic rings. The van der Waals surface area contributed by atoms with Crippen molar-refractivity contribution in [2.24, 2.45) is 0 Å². The second-order valence-electron chi connectivity index (χ2n) is 2.39. The topological polar surface area (TPSA) is 85.4 Å². The molecule has 0 aliphatic carbocycles. The summed E-state index contributed by atoms with van der Waals surface area (Å²) in [5, 5.41) is 18.6. The van der Waals surface area contributed by atoms with Gasteiger partial charge in [-0.05, 0) is 0 Å². The molecule has 0 spiro atoms. The highest BCUT2D eigenvalue weighted by molar-refractivity contribution is 4.99. The molecule has 0 amide bonds. The first-order valence-corrected chi connectivity index (χ1v) is 3.47. The second-order valence-corrected chi connectivity index (χ2v) is 2.39. The van der Waals surface area contributed by atoms with Crippen LogP contribution >= 0.6 is 0 Å². The minimum absolute atomic E-state index is 0.574. The van der Waals surface area contributed by atoms with Crippen LogP contribution in [0.4, 0.5) is 13.2 Å². The van der Waals surface area contributed by atoms with E-state index >= 15 is 0 Å². The molecule has 0 N–H and O–H groups in total. The van der Waals surface area contributed by atoms with E-state index in [1.54, 1.807) is 0 Å². The number of alkyl halides is 3. The summed E-state index contributed by atoms with van der Waals surface area (Å²) in [6.07, 6.45) is -5.19. The van der Waals surface area contributed by atoms with E-state index < -0.39 is 22.9 Å². The molecule has 0 bridgehead atoms. The molecule has 0 saturated carbocycles. The monoisotopic (exact) mass is 228 g/mol. The summed E-state index contributed by atoms with van der Waals surface area (Å²) in [4.78, 5) is 8.85. The van der Waals surface area contributed by atoms with Gasteiger partial charge in [0, 0.05) is 19.1 Å². The van der Waals surface area contributed by atoms with Crippen molar-refractivity contribution in [1.29, 1.82) is 5.26 Å². The molecule has 0 fully saturated rings. The molecule has 0 aromatic carbocycles. The smallest absolute Gasteiger partial charge is 0.340 e. The minimum Gasteiger partial charge on any atom is -0.340 e. The highest BCUT2D eigenvalue weighted by Crippen LogP contribution is 2.37. The molecule has 0 aliphatic heterocycles. The number of methoxy groups -OCH3 is 2. The Kier molecular flexibility index (Phi) is 4.00. The van der Waals surface area contributed by atoms with E-state index in [1.807, 2.05) is 0 Å². The third-order valence-corrected chi connectivity index (χ3v) is 1.69. The zero-order valence-electron chi connectivity index (χ0n) is 7.74. The fourth-order valence-corrected chi connectivity index (χ4v) is 0.964. The number of halogens is 3.